The zero-order valence-electron chi connectivity index (χ0n) is 18.7. The van der Waals surface area contributed by atoms with Gasteiger partial charge in [-0.2, -0.15) is 0 Å². The van der Waals surface area contributed by atoms with E-state index in [1.54, 1.807) is 6.07 Å². The maximum absolute atomic E-state index is 11.6. The van der Waals surface area contributed by atoms with E-state index in [-0.39, 0.29) is 22.6 Å². The van der Waals surface area contributed by atoms with Crippen molar-refractivity contribution in [3.05, 3.63) is 88.0 Å². The van der Waals surface area contributed by atoms with Gasteiger partial charge in [0.2, 0.25) is 0 Å². The van der Waals surface area contributed by atoms with E-state index in [2.05, 4.69) is 0 Å². The molecule has 0 fully saturated rings. The molecule has 0 unspecified atom stereocenters. The molecule has 0 saturated heterocycles. The van der Waals surface area contributed by atoms with Crippen LogP contribution in [0.5, 0.6) is 11.5 Å². The van der Waals surface area contributed by atoms with E-state index in [9.17, 15) is 19.7 Å². The number of non-ortho nitro benzene ring substituents is 1. The van der Waals surface area contributed by atoms with Gasteiger partial charge in [-0.25, -0.2) is 0 Å². The average molecular weight is 516 g/mol. The summed E-state index contributed by atoms with van der Waals surface area (Å²) in [4.78, 5) is 33.7. The molecule has 0 aromatic heterocycles. The van der Waals surface area contributed by atoms with Gasteiger partial charge in [-0.3, -0.25) is 19.7 Å². The van der Waals surface area contributed by atoms with E-state index in [4.69, 9.17) is 32.7 Å². The Labute approximate surface area is 212 Å². The normalized spacial score (nSPS) is 10.6. The highest BCUT2D eigenvalue weighted by molar-refractivity contribution is 6.68. The highest BCUT2D eigenvalue weighted by Crippen LogP contribution is 2.33. The molecule has 7 nitrogen and oxygen atoms in total. The number of nitrogens with zero attached hydrogens (tertiary/aromatic N) is 1. The van der Waals surface area contributed by atoms with Crippen molar-refractivity contribution >= 4 is 39.4 Å². The van der Waals surface area contributed by atoms with Gasteiger partial charge >= 0.3 is 0 Å². The Morgan fingerprint density at radius 3 is 2.03 bits per heavy atom. The number of benzene rings is 3. The van der Waals surface area contributed by atoms with Gasteiger partial charge in [-0.1, -0.05) is 30.3 Å². The Morgan fingerprint density at radius 2 is 1.43 bits per heavy atom. The average Bonchev–Trinajstić information content (AvgIpc) is 2.85. The van der Waals surface area contributed by atoms with E-state index >= 15 is 0 Å². The van der Waals surface area contributed by atoms with Gasteiger partial charge in [0.1, 0.15) is 11.5 Å². The van der Waals surface area contributed by atoms with Gasteiger partial charge in [0.15, 0.2) is 0 Å². The summed E-state index contributed by atoms with van der Waals surface area (Å²) in [5.41, 5.74) is 2.09. The van der Waals surface area contributed by atoms with Gasteiger partial charge in [0.05, 0.1) is 29.8 Å². The zero-order chi connectivity index (χ0) is 25.2. The molecular weight excluding hydrogens is 493 g/mol. The minimum Gasteiger partial charge on any atom is -0.493 e. The smallest absolute Gasteiger partial charge is 0.273 e. The highest BCUT2D eigenvalue weighted by Gasteiger charge is 2.15. The molecule has 3 aromatic rings. The molecule has 0 bridgehead atoms. The van der Waals surface area contributed by atoms with Crippen molar-refractivity contribution in [1.82, 2.24) is 0 Å². The van der Waals surface area contributed by atoms with Crippen LogP contribution in [0.1, 0.15) is 46.4 Å². The maximum atomic E-state index is 11.6. The van der Waals surface area contributed by atoms with E-state index in [1.807, 2.05) is 30.3 Å². The molecule has 3 aromatic carbocycles. The number of carbonyl (C=O) groups excluding carboxylic acids is 2. The molecule has 0 aliphatic rings. The van der Waals surface area contributed by atoms with Gasteiger partial charge < -0.3 is 9.47 Å². The molecule has 35 heavy (non-hydrogen) atoms. The fourth-order valence-electron chi connectivity index (χ4n) is 3.45. The predicted molar refractivity (Wildman–Crippen MR) is 135 cm³/mol. The van der Waals surface area contributed by atoms with Crippen molar-refractivity contribution in [3.63, 3.8) is 0 Å². The van der Waals surface area contributed by atoms with Crippen LogP contribution < -0.4 is 9.47 Å². The third-order valence-electron chi connectivity index (χ3n) is 5.23. The molecule has 0 heterocycles. The second-order valence-electron chi connectivity index (χ2n) is 7.67. The maximum Gasteiger partial charge on any atom is 0.273 e. The van der Waals surface area contributed by atoms with Crippen molar-refractivity contribution in [3.8, 4) is 22.6 Å². The monoisotopic (exact) mass is 515 g/mol. The molecule has 0 aliphatic heterocycles. The third-order valence-corrected chi connectivity index (χ3v) is 5.66. The number of rotatable bonds is 13. The van der Waals surface area contributed by atoms with Crippen LogP contribution >= 0.6 is 23.2 Å². The molecule has 3 rings (SSSR count). The number of hydrogen-bond donors (Lipinski definition) is 0. The quantitative estimate of drug-likeness (QED) is 0.105. The summed E-state index contributed by atoms with van der Waals surface area (Å²) in [5, 5.41) is 9.85. The molecule has 0 saturated carbocycles. The molecule has 9 heteroatoms. The van der Waals surface area contributed by atoms with Gasteiger partial charge in [-0.15, -0.1) is 0 Å². The van der Waals surface area contributed by atoms with Gasteiger partial charge in [-0.05, 0) is 78.7 Å². The van der Waals surface area contributed by atoms with Crippen LogP contribution in [0.15, 0.2) is 66.7 Å². The van der Waals surface area contributed by atoms with Gasteiger partial charge in [0.25, 0.3) is 16.2 Å². The largest absolute Gasteiger partial charge is 0.493 e. The number of unbranched alkanes of at least 4 members (excludes halogenated alkanes) is 3. The topological polar surface area (TPSA) is 95.7 Å². The number of carbonyl (C=O) groups is 2. The Kier molecular flexibility index (Phi) is 9.64. The summed E-state index contributed by atoms with van der Waals surface area (Å²) in [5.74, 6) is 0.694. The number of nitro groups is 1. The Bertz CT molecular complexity index is 1200. The lowest BCUT2D eigenvalue weighted by atomic mass is 10.0. The van der Waals surface area contributed by atoms with Crippen molar-refractivity contribution in [1.29, 1.82) is 0 Å². The number of ether oxygens (including phenoxy) is 2. The van der Waals surface area contributed by atoms with Crippen LogP contribution in [0.2, 0.25) is 0 Å². The second kappa shape index (κ2) is 12.9. The van der Waals surface area contributed by atoms with Crippen LogP contribution in [-0.4, -0.2) is 28.6 Å². The molecule has 182 valence electrons. The molecule has 0 spiro atoms. The Morgan fingerprint density at radius 1 is 0.771 bits per heavy atom. The zero-order valence-corrected chi connectivity index (χ0v) is 20.3. The van der Waals surface area contributed by atoms with Crippen LogP contribution in [0.4, 0.5) is 5.69 Å². The van der Waals surface area contributed by atoms with Crippen LogP contribution in [0.3, 0.4) is 0 Å². The molecule has 0 radical (unpaired) electrons. The second-order valence-corrected chi connectivity index (χ2v) is 8.36. The lowest BCUT2D eigenvalue weighted by molar-refractivity contribution is -0.384. The summed E-state index contributed by atoms with van der Waals surface area (Å²) in [7, 11) is 0. The Hall–Kier alpha value is -3.42. The van der Waals surface area contributed by atoms with E-state index < -0.39 is 15.4 Å². The predicted octanol–water partition coefficient (Wildman–Crippen LogP) is 7.04. The van der Waals surface area contributed by atoms with Crippen molar-refractivity contribution in [2.24, 2.45) is 0 Å². The summed E-state index contributed by atoms with van der Waals surface area (Å²) in [6.07, 6.45) is 3.14. The minimum absolute atomic E-state index is 0.0217. The molecule has 0 N–H and O–H groups in total. The summed E-state index contributed by atoms with van der Waals surface area (Å²) < 4.78 is 11.6. The third kappa shape index (κ3) is 7.53. The first-order valence-electron chi connectivity index (χ1n) is 11.0. The van der Waals surface area contributed by atoms with E-state index in [0.29, 0.717) is 25.4 Å². The first-order valence-corrected chi connectivity index (χ1v) is 11.8. The highest BCUT2D eigenvalue weighted by atomic mass is 35.5. The van der Waals surface area contributed by atoms with Crippen molar-refractivity contribution in [2.75, 3.05) is 13.2 Å². The number of halogens is 2. The fourth-order valence-corrected chi connectivity index (χ4v) is 3.72. The van der Waals surface area contributed by atoms with Crippen molar-refractivity contribution < 1.29 is 24.0 Å². The first kappa shape index (κ1) is 26.2. The molecule has 0 aliphatic carbocycles. The minimum atomic E-state index is -0.679. The van der Waals surface area contributed by atoms with E-state index in [1.165, 1.54) is 30.3 Å². The molecule has 0 atom stereocenters. The van der Waals surface area contributed by atoms with E-state index in [0.717, 1.165) is 30.4 Å². The summed E-state index contributed by atoms with van der Waals surface area (Å²) in [6.45, 7) is 0.744. The first-order chi connectivity index (χ1) is 16.9. The lowest BCUT2D eigenvalue weighted by Gasteiger charge is -2.12. The standard InChI is InChI=1S/C26H23Cl2NO6/c27-25(30)19-10-12-22(26(28)31)23(16-19)34-14-6-1-2-7-15-35-24-17-20(29(32)33)11-13-21(24)18-8-4-3-5-9-18/h3-5,8-13,16-17H,1-2,6-7,14-15H2. The van der Waals surface area contributed by atoms with Crippen LogP contribution in [0, 0.1) is 10.1 Å². The van der Waals surface area contributed by atoms with Crippen LogP contribution in [-0.2, 0) is 0 Å². The van der Waals surface area contributed by atoms with Crippen LogP contribution in [0.25, 0.3) is 11.1 Å². The fraction of sp³-hybridized carbons (Fsp3) is 0.231. The molecule has 0 amide bonds. The number of hydrogen-bond acceptors (Lipinski definition) is 6. The van der Waals surface area contributed by atoms with Gasteiger partial charge in [0, 0.05) is 17.2 Å². The summed E-state index contributed by atoms with van der Waals surface area (Å²) in [6, 6.07) is 18.4. The molecular formula is C26H23Cl2NO6. The number of nitro benzene ring substituents is 1. The lowest BCUT2D eigenvalue weighted by Crippen LogP contribution is -2.04. The Balaban J connectivity index is 1.48. The summed E-state index contributed by atoms with van der Waals surface area (Å²) >= 11 is 11.1. The van der Waals surface area contributed by atoms with Crippen molar-refractivity contribution in [2.45, 2.75) is 25.7 Å². The SMILES string of the molecule is O=C(Cl)c1ccc(C(=O)Cl)c(OCCCCCCOc2cc([N+](=O)[O-])ccc2-c2ccccc2)c1.